The van der Waals surface area contributed by atoms with Crippen LogP contribution in [0.15, 0.2) is 42.5 Å². The summed E-state index contributed by atoms with van der Waals surface area (Å²) in [6, 6.07) is 9.08. The Morgan fingerprint density at radius 2 is 1.76 bits per heavy atom. The van der Waals surface area contributed by atoms with Crippen LogP contribution in [0.3, 0.4) is 0 Å². The molecule has 134 valence electrons. The molecule has 0 saturated heterocycles. The fourth-order valence-electron chi connectivity index (χ4n) is 1.97. The second-order valence-corrected chi connectivity index (χ2v) is 5.99. The van der Waals surface area contributed by atoms with Crippen molar-refractivity contribution in [3.8, 4) is 5.75 Å². The fraction of sp³-hybridized carbons (Fsp3) is 0.235. The number of halogens is 5. The van der Waals surface area contributed by atoms with Crippen LogP contribution >= 0.6 is 23.2 Å². The second-order valence-electron chi connectivity index (χ2n) is 5.15. The van der Waals surface area contributed by atoms with E-state index in [0.29, 0.717) is 27.9 Å². The molecule has 2 aromatic carbocycles. The maximum Gasteiger partial charge on any atom is 0.416 e. The van der Waals surface area contributed by atoms with Crippen molar-refractivity contribution in [2.45, 2.75) is 19.0 Å². The van der Waals surface area contributed by atoms with Gasteiger partial charge in [0.15, 0.2) is 0 Å². The average molecular weight is 392 g/mol. The van der Waals surface area contributed by atoms with Crippen LogP contribution in [-0.2, 0) is 11.0 Å². The molecule has 0 unspecified atom stereocenters. The van der Waals surface area contributed by atoms with Crippen LogP contribution in [0, 0.1) is 0 Å². The summed E-state index contributed by atoms with van der Waals surface area (Å²) in [6.45, 7) is 0.266. The highest BCUT2D eigenvalue weighted by atomic mass is 35.5. The molecule has 0 aliphatic carbocycles. The topological polar surface area (TPSA) is 38.3 Å². The highest BCUT2D eigenvalue weighted by molar-refractivity contribution is 6.35. The number of alkyl halides is 3. The highest BCUT2D eigenvalue weighted by Crippen LogP contribution is 2.30. The molecule has 8 heteroatoms. The zero-order chi connectivity index (χ0) is 18.4. The predicted octanol–water partition coefficient (Wildman–Crippen LogP) is 5.81. The number of nitrogens with one attached hydrogen (secondary N) is 1. The van der Waals surface area contributed by atoms with E-state index in [9.17, 15) is 18.0 Å². The van der Waals surface area contributed by atoms with E-state index in [2.05, 4.69) is 5.32 Å². The lowest BCUT2D eigenvalue weighted by Crippen LogP contribution is -2.13. The van der Waals surface area contributed by atoms with Crippen molar-refractivity contribution in [2.75, 3.05) is 11.9 Å². The van der Waals surface area contributed by atoms with Crippen LogP contribution in [0.1, 0.15) is 18.4 Å². The standard InChI is InChI=1S/C17H14Cl2F3NO2/c18-12-5-8-15(14(19)10-12)25-9-1-2-16(24)23-13-6-3-11(4-7-13)17(20,21)22/h3-8,10H,1-2,9H2,(H,23,24). The monoisotopic (exact) mass is 391 g/mol. The molecule has 1 amide bonds. The van der Waals surface area contributed by atoms with Gasteiger partial charge in [0.1, 0.15) is 5.75 Å². The van der Waals surface area contributed by atoms with Crippen molar-refractivity contribution in [1.82, 2.24) is 0 Å². The smallest absolute Gasteiger partial charge is 0.416 e. The quantitative estimate of drug-likeness (QED) is 0.630. The molecule has 3 nitrogen and oxygen atoms in total. The van der Waals surface area contributed by atoms with Gasteiger partial charge in [-0.3, -0.25) is 4.79 Å². The maximum atomic E-state index is 12.5. The van der Waals surface area contributed by atoms with Gasteiger partial charge in [0.2, 0.25) is 5.91 Å². The van der Waals surface area contributed by atoms with Crippen LogP contribution < -0.4 is 10.1 Å². The van der Waals surface area contributed by atoms with Gasteiger partial charge in [-0.1, -0.05) is 23.2 Å². The van der Waals surface area contributed by atoms with Crippen LogP contribution in [0.2, 0.25) is 10.0 Å². The van der Waals surface area contributed by atoms with E-state index >= 15 is 0 Å². The predicted molar refractivity (Wildman–Crippen MR) is 91.3 cm³/mol. The minimum Gasteiger partial charge on any atom is -0.492 e. The third-order valence-corrected chi connectivity index (χ3v) is 3.73. The largest absolute Gasteiger partial charge is 0.492 e. The summed E-state index contributed by atoms with van der Waals surface area (Å²) >= 11 is 11.7. The Balaban J connectivity index is 1.75. The summed E-state index contributed by atoms with van der Waals surface area (Å²) in [4.78, 5) is 11.8. The average Bonchev–Trinajstić information content (AvgIpc) is 2.53. The first-order valence-electron chi connectivity index (χ1n) is 7.30. The van der Waals surface area contributed by atoms with Crippen molar-refractivity contribution < 1.29 is 22.7 Å². The van der Waals surface area contributed by atoms with Gasteiger partial charge in [-0.25, -0.2) is 0 Å². The fourth-order valence-corrected chi connectivity index (χ4v) is 2.44. The molecule has 0 heterocycles. The summed E-state index contributed by atoms with van der Waals surface area (Å²) in [5.74, 6) is 0.153. The van der Waals surface area contributed by atoms with Gasteiger partial charge in [0.25, 0.3) is 0 Å². The lowest BCUT2D eigenvalue weighted by Gasteiger charge is -2.10. The number of carbonyl (C=O) groups is 1. The van der Waals surface area contributed by atoms with Crippen molar-refractivity contribution >= 4 is 34.8 Å². The van der Waals surface area contributed by atoms with Crippen molar-refractivity contribution in [3.05, 3.63) is 58.1 Å². The van der Waals surface area contributed by atoms with Crippen molar-refractivity contribution in [3.63, 3.8) is 0 Å². The molecule has 0 saturated carbocycles. The molecule has 0 bridgehead atoms. The van der Waals surface area contributed by atoms with Gasteiger partial charge in [-0.15, -0.1) is 0 Å². The van der Waals surface area contributed by atoms with Crippen LogP contribution in [0.4, 0.5) is 18.9 Å². The van der Waals surface area contributed by atoms with E-state index < -0.39 is 11.7 Å². The van der Waals surface area contributed by atoms with E-state index in [1.807, 2.05) is 0 Å². The van der Waals surface area contributed by atoms with Gasteiger partial charge in [0, 0.05) is 17.1 Å². The minimum atomic E-state index is -4.40. The van der Waals surface area contributed by atoms with E-state index in [-0.39, 0.29) is 18.9 Å². The lowest BCUT2D eigenvalue weighted by atomic mass is 10.2. The molecule has 0 atom stereocenters. The minimum absolute atomic E-state index is 0.159. The molecular formula is C17H14Cl2F3NO2. The molecule has 0 aliphatic rings. The normalized spacial score (nSPS) is 11.2. The van der Waals surface area contributed by atoms with E-state index in [1.54, 1.807) is 18.2 Å². The summed E-state index contributed by atoms with van der Waals surface area (Å²) in [5, 5.41) is 3.40. The highest BCUT2D eigenvalue weighted by Gasteiger charge is 2.29. The molecular weight excluding hydrogens is 378 g/mol. The molecule has 0 spiro atoms. The third kappa shape index (κ3) is 6.14. The molecule has 0 radical (unpaired) electrons. The lowest BCUT2D eigenvalue weighted by molar-refractivity contribution is -0.137. The van der Waals surface area contributed by atoms with E-state index in [4.69, 9.17) is 27.9 Å². The first kappa shape index (κ1) is 19.4. The Morgan fingerprint density at radius 1 is 1.08 bits per heavy atom. The molecule has 0 aromatic heterocycles. The Bertz CT molecular complexity index is 734. The first-order valence-corrected chi connectivity index (χ1v) is 8.06. The summed E-state index contributed by atoms with van der Waals surface area (Å²) in [6.07, 6.45) is -3.82. The number of ether oxygens (including phenoxy) is 1. The van der Waals surface area contributed by atoms with E-state index in [1.165, 1.54) is 12.1 Å². The number of hydrogen-bond acceptors (Lipinski definition) is 2. The van der Waals surface area contributed by atoms with Crippen LogP contribution in [-0.4, -0.2) is 12.5 Å². The number of hydrogen-bond donors (Lipinski definition) is 1. The number of rotatable bonds is 6. The third-order valence-electron chi connectivity index (χ3n) is 3.20. The van der Waals surface area contributed by atoms with Gasteiger partial charge in [0.05, 0.1) is 17.2 Å². The second kappa shape index (κ2) is 8.45. The SMILES string of the molecule is O=C(CCCOc1ccc(Cl)cc1Cl)Nc1ccc(C(F)(F)F)cc1. The number of amides is 1. The number of anilines is 1. The first-order chi connectivity index (χ1) is 11.8. The Labute approximate surface area is 152 Å². The number of carbonyl (C=O) groups excluding carboxylic acids is 1. The molecule has 1 N–H and O–H groups in total. The molecule has 2 aromatic rings. The molecule has 0 aliphatic heterocycles. The van der Waals surface area contributed by atoms with Gasteiger partial charge in [-0.05, 0) is 48.9 Å². The zero-order valence-corrected chi connectivity index (χ0v) is 14.4. The molecule has 0 fully saturated rings. The van der Waals surface area contributed by atoms with Crippen molar-refractivity contribution in [1.29, 1.82) is 0 Å². The van der Waals surface area contributed by atoms with E-state index in [0.717, 1.165) is 12.1 Å². The Hall–Kier alpha value is -1.92. The molecule has 2 rings (SSSR count). The molecule has 25 heavy (non-hydrogen) atoms. The van der Waals surface area contributed by atoms with Gasteiger partial charge < -0.3 is 10.1 Å². The number of benzene rings is 2. The zero-order valence-electron chi connectivity index (χ0n) is 12.9. The van der Waals surface area contributed by atoms with Crippen molar-refractivity contribution in [2.24, 2.45) is 0 Å². The Morgan fingerprint density at radius 3 is 2.36 bits per heavy atom. The maximum absolute atomic E-state index is 12.5. The van der Waals surface area contributed by atoms with Gasteiger partial charge >= 0.3 is 6.18 Å². The Kier molecular flexibility index (Phi) is 6.56. The summed E-state index contributed by atoms with van der Waals surface area (Å²) < 4.78 is 42.8. The summed E-state index contributed by atoms with van der Waals surface area (Å²) in [7, 11) is 0. The summed E-state index contributed by atoms with van der Waals surface area (Å²) in [5.41, 5.74) is -0.460. The van der Waals surface area contributed by atoms with Crippen LogP contribution in [0.25, 0.3) is 0 Å². The van der Waals surface area contributed by atoms with Crippen LogP contribution in [0.5, 0.6) is 5.75 Å². The van der Waals surface area contributed by atoms with Gasteiger partial charge in [-0.2, -0.15) is 13.2 Å².